The molecule has 2 aliphatic heterocycles. The lowest BCUT2D eigenvalue weighted by atomic mass is 10.1. The van der Waals surface area contributed by atoms with Crippen molar-refractivity contribution >= 4 is 23.7 Å². The van der Waals surface area contributed by atoms with Gasteiger partial charge >= 0.3 is 5.97 Å². The first-order chi connectivity index (χ1) is 16.3. The van der Waals surface area contributed by atoms with Crippen LogP contribution in [0.1, 0.15) is 22.3 Å². The summed E-state index contributed by atoms with van der Waals surface area (Å²) in [6, 6.07) is 8.62. The van der Waals surface area contributed by atoms with E-state index in [0.717, 1.165) is 4.90 Å². The zero-order chi connectivity index (χ0) is 24.4. The van der Waals surface area contributed by atoms with Crippen LogP contribution in [0.3, 0.4) is 0 Å². The molecule has 0 radical (unpaired) electrons. The molecule has 178 valence electrons. The molecule has 1 amide bonds. The highest BCUT2D eigenvalue weighted by molar-refractivity contribution is 6.14. The maximum Gasteiger partial charge on any atom is 0.326 e. The predicted octanol–water partition coefficient (Wildman–Crippen LogP) is 1.75. The van der Waals surface area contributed by atoms with Gasteiger partial charge in [-0.1, -0.05) is 0 Å². The number of Topliss-reactive ketones (excluding diaryl/α,β-unsaturated/α-hetero) is 1. The van der Waals surface area contributed by atoms with Crippen LogP contribution in [0.4, 0.5) is 0 Å². The molecular weight excluding hydrogens is 446 g/mol. The van der Waals surface area contributed by atoms with Crippen molar-refractivity contribution in [1.29, 1.82) is 0 Å². The number of carbonyl (C=O) groups is 3. The monoisotopic (exact) mass is 469 g/mol. The number of nitrogens with zero attached hydrogens (tertiary/aromatic N) is 1. The Bertz CT molecular complexity index is 1170. The second-order valence-electron chi connectivity index (χ2n) is 7.78. The number of amides is 1. The number of likely N-dealkylation sites (tertiary alicyclic amines) is 1. The Kier molecular flexibility index (Phi) is 6.42. The van der Waals surface area contributed by atoms with Crippen molar-refractivity contribution in [2.75, 3.05) is 27.4 Å². The van der Waals surface area contributed by atoms with Crippen LogP contribution in [0.5, 0.6) is 23.0 Å². The molecule has 0 spiro atoms. The standard InChI is InChI=1S/C24H23NO9/c1-31-15-4-3-13(19(9-15)32-2)7-21-23(28)17-6-5-16(10-20(17)34-21)33-12-22(27)25-11-14(26)8-18(25)24(29)30/h3-7,9-10,14,18,26H,8,11-12H2,1-2H3,(H,29,30). The normalized spacial score (nSPS) is 20.1. The van der Waals surface area contributed by atoms with Gasteiger partial charge in [0.15, 0.2) is 12.4 Å². The fourth-order valence-electron chi connectivity index (χ4n) is 3.89. The summed E-state index contributed by atoms with van der Waals surface area (Å²) in [7, 11) is 3.05. The smallest absolute Gasteiger partial charge is 0.326 e. The minimum atomic E-state index is -1.18. The van der Waals surface area contributed by atoms with Gasteiger partial charge in [-0.15, -0.1) is 0 Å². The Labute approximate surface area is 194 Å². The third-order valence-corrected chi connectivity index (χ3v) is 5.62. The molecule has 10 heteroatoms. The molecule has 2 heterocycles. The van der Waals surface area contributed by atoms with Crippen LogP contribution in [-0.2, 0) is 9.59 Å². The van der Waals surface area contributed by atoms with Gasteiger partial charge in [0.05, 0.1) is 25.9 Å². The van der Waals surface area contributed by atoms with Crippen molar-refractivity contribution in [3.63, 3.8) is 0 Å². The van der Waals surface area contributed by atoms with E-state index >= 15 is 0 Å². The highest BCUT2D eigenvalue weighted by atomic mass is 16.5. The number of aliphatic carboxylic acids is 1. The van der Waals surface area contributed by atoms with Gasteiger partial charge in [0.2, 0.25) is 5.78 Å². The first kappa shape index (κ1) is 23.1. The van der Waals surface area contributed by atoms with E-state index in [4.69, 9.17) is 18.9 Å². The van der Waals surface area contributed by atoms with Crippen LogP contribution in [0.2, 0.25) is 0 Å². The summed E-state index contributed by atoms with van der Waals surface area (Å²) in [4.78, 5) is 37.6. The Morgan fingerprint density at radius 1 is 1.15 bits per heavy atom. The number of benzene rings is 2. The molecule has 4 rings (SSSR count). The number of fused-ring (bicyclic) bond motifs is 1. The van der Waals surface area contributed by atoms with Crippen molar-refractivity contribution < 1.29 is 43.5 Å². The number of β-amino-alcohol motifs (C(OH)–C–C–N with tert-alkyl or cyclic N) is 1. The quantitative estimate of drug-likeness (QED) is 0.582. The number of hydrogen-bond donors (Lipinski definition) is 2. The van der Waals surface area contributed by atoms with E-state index in [1.165, 1.54) is 25.3 Å². The van der Waals surface area contributed by atoms with Gasteiger partial charge in [-0.3, -0.25) is 9.59 Å². The molecule has 0 aromatic heterocycles. The fourth-order valence-corrected chi connectivity index (χ4v) is 3.89. The van der Waals surface area contributed by atoms with Crippen molar-refractivity contribution in [3.05, 3.63) is 53.3 Å². The van der Waals surface area contributed by atoms with E-state index in [0.29, 0.717) is 22.6 Å². The largest absolute Gasteiger partial charge is 0.497 e. The molecule has 34 heavy (non-hydrogen) atoms. The Hall–Kier alpha value is -4.05. The van der Waals surface area contributed by atoms with Crippen LogP contribution < -0.4 is 18.9 Å². The van der Waals surface area contributed by atoms with Crippen LogP contribution >= 0.6 is 0 Å². The maximum atomic E-state index is 12.8. The van der Waals surface area contributed by atoms with Gasteiger partial charge in [-0.05, 0) is 30.3 Å². The van der Waals surface area contributed by atoms with E-state index in [1.54, 1.807) is 31.4 Å². The van der Waals surface area contributed by atoms with E-state index in [1.807, 2.05) is 0 Å². The van der Waals surface area contributed by atoms with Crippen molar-refractivity contribution in [2.24, 2.45) is 0 Å². The van der Waals surface area contributed by atoms with Gasteiger partial charge in [-0.25, -0.2) is 4.79 Å². The van der Waals surface area contributed by atoms with Crippen LogP contribution in [0.15, 0.2) is 42.2 Å². The number of aliphatic hydroxyl groups excluding tert-OH is 1. The van der Waals surface area contributed by atoms with E-state index in [2.05, 4.69) is 0 Å². The number of carbonyl (C=O) groups excluding carboxylic acids is 2. The Morgan fingerprint density at radius 2 is 1.91 bits per heavy atom. The molecular formula is C24H23NO9. The second kappa shape index (κ2) is 9.44. The van der Waals surface area contributed by atoms with Crippen molar-refractivity contribution in [2.45, 2.75) is 18.6 Å². The van der Waals surface area contributed by atoms with Crippen LogP contribution in [0.25, 0.3) is 6.08 Å². The van der Waals surface area contributed by atoms with Gasteiger partial charge in [0, 0.05) is 30.7 Å². The first-order valence-electron chi connectivity index (χ1n) is 10.4. The third kappa shape index (κ3) is 4.53. The zero-order valence-corrected chi connectivity index (χ0v) is 18.5. The molecule has 2 aliphatic rings. The highest BCUT2D eigenvalue weighted by Gasteiger charge is 2.39. The van der Waals surface area contributed by atoms with Gasteiger partial charge < -0.3 is 34.1 Å². The number of carboxylic acid groups (broad SMARTS) is 1. The topological polar surface area (TPSA) is 132 Å². The Balaban J connectivity index is 1.46. The fraction of sp³-hybridized carbons (Fsp3) is 0.292. The minimum Gasteiger partial charge on any atom is -0.497 e. The molecule has 0 saturated carbocycles. The second-order valence-corrected chi connectivity index (χ2v) is 7.78. The van der Waals surface area contributed by atoms with Gasteiger partial charge in [-0.2, -0.15) is 0 Å². The molecule has 0 bridgehead atoms. The van der Waals surface area contributed by atoms with Crippen LogP contribution in [-0.4, -0.2) is 72.3 Å². The summed E-state index contributed by atoms with van der Waals surface area (Å²) < 4.78 is 21.8. The SMILES string of the molecule is COc1ccc(C=C2Oc3cc(OCC(=O)N4CC(O)CC4C(=O)O)ccc3C2=O)c(OC)c1. The van der Waals surface area contributed by atoms with Crippen molar-refractivity contribution in [1.82, 2.24) is 4.90 Å². The van der Waals surface area contributed by atoms with E-state index in [9.17, 15) is 24.6 Å². The highest BCUT2D eigenvalue weighted by Crippen LogP contribution is 2.36. The zero-order valence-electron chi connectivity index (χ0n) is 18.5. The molecule has 2 unspecified atom stereocenters. The number of methoxy groups -OCH3 is 2. The number of aliphatic hydroxyl groups is 1. The van der Waals surface area contributed by atoms with Gasteiger partial charge in [0.1, 0.15) is 29.0 Å². The number of allylic oxidation sites excluding steroid dienone is 1. The summed E-state index contributed by atoms with van der Waals surface area (Å²) in [5.41, 5.74) is 0.966. The Morgan fingerprint density at radius 3 is 2.62 bits per heavy atom. The number of rotatable bonds is 7. The summed E-state index contributed by atoms with van der Waals surface area (Å²) in [5.74, 6) is -0.295. The lowest BCUT2D eigenvalue weighted by molar-refractivity contribution is -0.148. The summed E-state index contributed by atoms with van der Waals surface area (Å²) in [5, 5.41) is 18.9. The molecule has 2 N–H and O–H groups in total. The number of ether oxygens (including phenoxy) is 4. The molecule has 1 fully saturated rings. The molecule has 0 aliphatic carbocycles. The third-order valence-electron chi connectivity index (χ3n) is 5.62. The van der Waals surface area contributed by atoms with E-state index < -0.39 is 30.6 Å². The molecule has 1 saturated heterocycles. The average molecular weight is 469 g/mol. The summed E-state index contributed by atoms with van der Waals surface area (Å²) >= 11 is 0. The minimum absolute atomic E-state index is 0.0238. The molecule has 10 nitrogen and oxygen atoms in total. The molecule has 2 atom stereocenters. The van der Waals surface area contributed by atoms with Gasteiger partial charge in [0.25, 0.3) is 5.91 Å². The number of carboxylic acids is 1. The maximum absolute atomic E-state index is 12.8. The molecule has 2 aromatic rings. The lowest BCUT2D eigenvalue weighted by Crippen LogP contribution is -2.42. The summed E-state index contributed by atoms with van der Waals surface area (Å²) in [6.45, 7) is -0.487. The number of ketones is 1. The summed E-state index contributed by atoms with van der Waals surface area (Å²) in [6.07, 6.45) is 0.651. The average Bonchev–Trinajstić information content (AvgIpc) is 3.37. The number of hydrogen-bond acceptors (Lipinski definition) is 8. The lowest BCUT2D eigenvalue weighted by Gasteiger charge is -2.21. The van der Waals surface area contributed by atoms with Crippen LogP contribution in [0, 0.1) is 0 Å². The predicted molar refractivity (Wildman–Crippen MR) is 118 cm³/mol. The van der Waals surface area contributed by atoms with E-state index in [-0.39, 0.29) is 36.0 Å². The van der Waals surface area contributed by atoms with Crippen molar-refractivity contribution in [3.8, 4) is 23.0 Å². The molecule has 2 aromatic carbocycles. The first-order valence-corrected chi connectivity index (χ1v) is 10.4.